The van der Waals surface area contributed by atoms with E-state index in [-0.39, 0.29) is 21.1 Å². The van der Waals surface area contributed by atoms with Gasteiger partial charge in [-0.15, -0.1) is 29.7 Å². The number of imidazole rings is 1. The summed E-state index contributed by atoms with van der Waals surface area (Å²) in [5.41, 5.74) is 7.17. The van der Waals surface area contributed by atoms with Crippen molar-refractivity contribution in [1.82, 2.24) is 18.9 Å². The Labute approximate surface area is 273 Å². The third-order valence-electron chi connectivity index (χ3n) is 8.38. The van der Waals surface area contributed by atoms with Crippen molar-refractivity contribution in [2.45, 2.75) is 6.92 Å². The minimum absolute atomic E-state index is 0. The molecule has 4 aromatic heterocycles. The monoisotopic (exact) mass is 759 g/mol. The molecule has 5 nitrogen and oxygen atoms in total. The van der Waals surface area contributed by atoms with Crippen molar-refractivity contribution in [2.75, 3.05) is 0 Å². The average Bonchev–Trinajstić information content (AvgIpc) is 3.66. The van der Waals surface area contributed by atoms with Crippen LogP contribution in [0.2, 0.25) is 0 Å². The fourth-order valence-corrected chi connectivity index (χ4v) is 6.35. The summed E-state index contributed by atoms with van der Waals surface area (Å²) >= 11 is 0. The fraction of sp³-hybridized carbons (Fsp3) is 0.0256. The molecule has 9 rings (SSSR count). The first kappa shape index (κ1) is 27.3. The summed E-state index contributed by atoms with van der Waals surface area (Å²) in [7, 11) is 0. The van der Waals surface area contributed by atoms with E-state index in [1.54, 1.807) is 0 Å². The number of fused-ring (bicyclic) bond motifs is 9. The van der Waals surface area contributed by atoms with E-state index in [1.807, 2.05) is 42.6 Å². The van der Waals surface area contributed by atoms with Crippen molar-refractivity contribution in [3.63, 3.8) is 0 Å². The van der Waals surface area contributed by atoms with Crippen LogP contribution in [0.15, 0.2) is 128 Å². The molecule has 9 aromatic rings. The normalized spacial score (nSPS) is 11.5. The van der Waals surface area contributed by atoms with E-state index >= 15 is 0 Å². The van der Waals surface area contributed by atoms with Gasteiger partial charge in [-0.25, -0.2) is 4.98 Å². The van der Waals surface area contributed by atoms with Crippen molar-refractivity contribution < 1.29 is 25.8 Å². The molecule has 6 heteroatoms. The molecule has 0 aliphatic rings. The minimum Gasteiger partial charge on any atom is -0.503 e. The molecule has 216 valence electrons. The van der Waals surface area contributed by atoms with Gasteiger partial charge in [0.2, 0.25) is 0 Å². The zero-order valence-corrected chi connectivity index (χ0v) is 26.4. The summed E-state index contributed by atoms with van der Waals surface area (Å²) in [5, 5.41) is 5.36. The second-order valence-corrected chi connectivity index (χ2v) is 11.0. The van der Waals surface area contributed by atoms with Gasteiger partial charge in [0.1, 0.15) is 5.82 Å². The molecule has 0 bridgehead atoms. The van der Waals surface area contributed by atoms with E-state index in [0.29, 0.717) is 11.5 Å². The number of aryl methyl sites for hydroxylation is 1. The van der Waals surface area contributed by atoms with E-state index in [4.69, 9.17) is 9.72 Å². The van der Waals surface area contributed by atoms with E-state index in [2.05, 4.69) is 118 Å². The van der Waals surface area contributed by atoms with Gasteiger partial charge in [0.15, 0.2) is 0 Å². The Balaban J connectivity index is 0.00000300. The van der Waals surface area contributed by atoms with Gasteiger partial charge >= 0.3 is 21.1 Å². The first-order valence-corrected chi connectivity index (χ1v) is 14.6. The van der Waals surface area contributed by atoms with Gasteiger partial charge in [-0.3, -0.25) is 4.98 Å². The zero-order chi connectivity index (χ0) is 29.2. The number of rotatable bonds is 4. The van der Waals surface area contributed by atoms with Crippen LogP contribution in [-0.2, 0) is 21.1 Å². The second kappa shape index (κ2) is 10.7. The fourth-order valence-electron chi connectivity index (χ4n) is 6.35. The summed E-state index contributed by atoms with van der Waals surface area (Å²) in [4.78, 5) is 9.78. The third kappa shape index (κ3) is 4.34. The topological polar surface area (TPSA) is 44.4 Å². The number of nitrogens with zero attached hydrogens (tertiary/aromatic N) is 4. The molecule has 45 heavy (non-hydrogen) atoms. The zero-order valence-electron chi connectivity index (χ0n) is 24.1. The maximum atomic E-state index is 6.47. The van der Waals surface area contributed by atoms with E-state index in [1.165, 1.54) is 5.56 Å². The summed E-state index contributed by atoms with van der Waals surface area (Å²) in [6.45, 7) is 2.12. The molecule has 0 saturated heterocycles. The SMILES string of the molecule is Cc1ccccc1-c1cn2c3ccccc3c3ccc(Oc4[c-]c5c(cc4)c4ccccc4n5-c4ccccn4)[c-]c3c2n1.[Pt+2]. The van der Waals surface area contributed by atoms with Crippen molar-refractivity contribution in [2.24, 2.45) is 0 Å². The van der Waals surface area contributed by atoms with Gasteiger partial charge in [-0.05, 0) is 47.5 Å². The van der Waals surface area contributed by atoms with E-state index in [9.17, 15) is 0 Å². The maximum Gasteiger partial charge on any atom is 2.00 e. The Hall–Kier alpha value is -5.25. The molecule has 0 N–H and O–H groups in total. The van der Waals surface area contributed by atoms with Crippen LogP contribution in [0.5, 0.6) is 11.5 Å². The summed E-state index contributed by atoms with van der Waals surface area (Å²) in [5.74, 6) is 2.04. The molecule has 0 saturated carbocycles. The molecular formula is C39H24N4OPt. The van der Waals surface area contributed by atoms with Crippen LogP contribution in [0.25, 0.3) is 66.2 Å². The van der Waals surface area contributed by atoms with Crippen molar-refractivity contribution >= 4 is 49.1 Å². The Bertz CT molecular complexity index is 2550. The maximum absolute atomic E-state index is 6.47. The first-order chi connectivity index (χ1) is 21.7. The van der Waals surface area contributed by atoms with Gasteiger partial charge < -0.3 is 13.7 Å². The number of para-hydroxylation sites is 2. The Morgan fingerprint density at radius 1 is 0.644 bits per heavy atom. The van der Waals surface area contributed by atoms with E-state index < -0.39 is 0 Å². The Morgan fingerprint density at radius 3 is 2.13 bits per heavy atom. The van der Waals surface area contributed by atoms with Gasteiger partial charge in [0.05, 0.1) is 11.3 Å². The van der Waals surface area contributed by atoms with Crippen molar-refractivity contribution in [1.29, 1.82) is 0 Å². The number of hydrogen-bond donors (Lipinski definition) is 0. The molecule has 0 fully saturated rings. The van der Waals surface area contributed by atoms with Crippen molar-refractivity contribution in [3.05, 3.63) is 145 Å². The predicted octanol–water partition coefficient (Wildman–Crippen LogP) is 9.50. The Morgan fingerprint density at radius 2 is 1.33 bits per heavy atom. The summed E-state index contributed by atoms with van der Waals surface area (Å²) in [6.07, 6.45) is 3.93. The smallest absolute Gasteiger partial charge is 0.503 e. The number of hydrogen-bond acceptors (Lipinski definition) is 3. The number of pyridine rings is 2. The molecule has 0 amide bonds. The molecule has 0 radical (unpaired) electrons. The number of benzene rings is 5. The molecule has 0 unspecified atom stereocenters. The van der Waals surface area contributed by atoms with Crippen LogP contribution in [0.1, 0.15) is 5.56 Å². The molecule has 0 atom stereocenters. The van der Waals surface area contributed by atoms with Gasteiger partial charge in [0, 0.05) is 40.5 Å². The van der Waals surface area contributed by atoms with Crippen LogP contribution < -0.4 is 4.74 Å². The van der Waals surface area contributed by atoms with Crippen molar-refractivity contribution in [3.8, 4) is 28.6 Å². The van der Waals surface area contributed by atoms with Crippen LogP contribution in [0.4, 0.5) is 0 Å². The molecule has 0 spiro atoms. The van der Waals surface area contributed by atoms with Crippen LogP contribution in [0, 0.1) is 19.1 Å². The quantitative estimate of drug-likeness (QED) is 0.133. The largest absolute Gasteiger partial charge is 2.00 e. The molecule has 0 aliphatic heterocycles. The van der Waals surface area contributed by atoms with Gasteiger partial charge in [-0.1, -0.05) is 89.1 Å². The average molecular weight is 760 g/mol. The van der Waals surface area contributed by atoms with Crippen LogP contribution in [0.3, 0.4) is 0 Å². The second-order valence-electron chi connectivity index (χ2n) is 11.0. The standard InChI is InChI=1S/C39H24N4O.Pt/c1-25-10-2-3-11-28(25)34-24-42-35-14-6-4-12-30(35)29-19-17-26(22-33(29)39(42)41-34)44-27-18-20-32-31-13-5-7-15-36(31)43(37(32)23-27)38-16-8-9-21-40-38;/h2-21,24H,1H3;/q-2;+2. The van der Waals surface area contributed by atoms with E-state index in [0.717, 1.165) is 66.2 Å². The number of ether oxygens (including phenoxy) is 1. The first-order valence-electron chi connectivity index (χ1n) is 14.6. The number of aromatic nitrogens is 4. The molecule has 4 heterocycles. The molecule has 0 aliphatic carbocycles. The summed E-state index contributed by atoms with van der Waals surface area (Å²) in [6, 6.07) is 46.3. The predicted molar refractivity (Wildman–Crippen MR) is 177 cm³/mol. The minimum atomic E-state index is 0. The third-order valence-corrected chi connectivity index (χ3v) is 8.38. The summed E-state index contributed by atoms with van der Waals surface area (Å²) < 4.78 is 10.8. The van der Waals surface area contributed by atoms with Gasteiger partial charge in [0.25, 0.3) is 0 Å². The van der Waals surface area contributed by atoms with Crippen LogP contribution in [-0.4, -0.2) is 18.9 Å². The van der Waals surface area contributed by atoms with Crippen LogP contribution >= 0.6 is 0 Å². The molecular weight excluding hydrogens is 736 g/mol. The Kier molecular flexibility index (Phi) is 6.51. The van der Waals surface area contributed by atoms with Gasteiger partial charge in [-0.2, -0.15) is 6.07 Å². The molecule has 5 aromatic carbocycles.